The summed E-state index contributed by atoms with van der Waals surface area (Å²) in [6.07, 6.45) is 2.14. The van der Waals surface area contributed by atoms with Crippen molar-refractivity contribution in [2.45, 2.75) is 25.8 Å². The molecule has 1 N–H and O–H groups in total. The molecule has 0 bridgehead atoms. The van der Waals surface area contributed by atoms with Crippen LogP contribution in [0.3, 0.4) is 0 Å². The van der Waals surface area contributed by atoms with Gasteiger partial charge in [0.2, 0.25) is 0 Å². The van der Waals surface area contributed by atoms with Gasteiger partial charge in [0, 0.05) is 19.6 Å². The number of likely N-dealkylation sites (N-methyl/N-ethyl adjacent to an activating group) is 2. The van der Waals surface area contributed by atoms with Crippen LogP contribution in [0, 0.1) is 6.92 Å². The first-order chi connectivity index (χ1) is 9.00. The highest BCUT2D eigenvalue weighted by atomic mass is 16.3. The minimum atomic E-state index is -0.0958. The molecule has 1 heterocycles. The Balaban J connectivity index is 2.16. The summed E-state index contributed by atoms with van der Waals surface area (Å²) in [5, 5.41) is 10.0. The molecular weight excluding hydrogens is 240 g/mol. The quantitative estimate of drug-likeness (QED) is 0.885. The van der Waals surface area contributed by atoms with Crippen molar-refractivity contribution in [2.75, 3.05) is 27.2 Å². The van der Waals surface area contributed by atoms with E-state index in [1.807, 2.05) is 13.1 Å². The number of rotatable bonds is 2. The standard InChI is InChI=1S/C15H22N2O2/c1-11-6-4-8-13(14(11)18)15(19)17(3)12-7-5-9-16(2)10-12/h4,6,8,12,18H,5,7,9-10H2,1-3H3. The number of carbonyl (C=O) groups excluding carboxylic acids is 1. The molecule has 19 heavy (non-hydrogen) atoms. The highest BCUT2D eigenvalue weighted by Crippen LogP contribution is 2.24. The Morgan fingerprint density at radius 3 is 2.89 bits per heavy atom. The average molecular weight is 262 g/mol. The third kappa shape index (κ3) is 2.89. The van der Waals surface area contributed by atoms with Gasteiger partial charge in [-0.3, -0.25) is 4.79 Å². The van der Waals surface area contributed by atoms with Crippen LogP contribution in [-0.2, 0) is 0 Å². The van der Waals surface area contributed by atoms with E-state index in [2.05, 4.69) is 11.9 Å². The number of likely N-dealkylation sites (tertiary alicyclic amines) is 1. The summed E-state index contributed by atoms with van der Waals surface area (Å²) < 4.78 is 0. The number of phenolic OH excluding ortho intramolecular Hbond substituents is 1. The molecule has 1 unspecified atom stereocenters. The van der Waals surface area contributed by atoms with Crippen LogP contribution >= 0.6 is 0 Å². The van der Waals surface area contributed by atoms with E-state index in [0.717, 1.165) is 31.5 Å². The molecule has 1 amide bonds. The highest BCUT2D eigenvalue weighted by molar-refractivity contribution is 5.97. The molecule has 1 aromatic carbocycles. The lowest BCUT2D eigenvalue weighted by Gasteiger charge is -2.36. The van der Waals surface area contributed by atoms with Crippen LogP contribution in [0.5, 0.6) is 5.75 Å². The van der Waals surface area contributed by atoms with Crippen LogP contribution < -0.4 is 0 Å². The maximum Gasteiger partial charge on any atom is 0.257 e. The largest absolute Gasteiger partial charge is 0.507 e. The van der Waals surface area contributed by atoms with E-state index in [1.165, 1.54) is 0 Å². The van der Waals surface area contributed by atoms with E-state index >= 15 is 0 Å². The van der Waals surface area contributed by atoms with Crippen molar-refractivity contribution in [3.63, 3.8) is 0 Å². The second-order valence-corrected chi connectivity index (χ2v) is 5.45. The summed E-state index contributed by atoms with van der Waals surface area (Å²) in [7, 11) is 3.91. The molecule has 1 aliphatic heterocycles. The summed E-state index contributed by atoms with van der Waals surface area (Å²) in [6.45, 7) is 3.80. The van der Waals surface area contributed by atoms with E-state index in [0.29, 0.717) is 5.56 Å². The Morgan fingerprint density at radius 1 is 1.47 bits per heavy atom. The maximum absolute atomic E-state index is 12.5. The predicted molar refractivity (Wildman–Crippen MR) is 75.5 cm³/mol. The van der Waals surface area contributed by atoms with Crippen molar-refractivity contribution >= 4 is 5.91 Å². The molecule has 1 aliphatic rings. The second kappa shape index (κ2) is 5.61. The van der Waals surface area contributed by atoms with E-state index in [9.17, 15) is 9.90 Å². The first-order valence-electron chi connectivity index (χ1n) is 6.75. The number of aromatic hydroxyl groups is 1. The molecule has 4 heteroatoms. The van der Waals surface area contributed by atoms with Crippen molar-refractivity contribution in [2.24, 2.45) is 0 Å². The predicted octanol–water partition coefficient (Wildman–Crippen LogP) is 1.87. The van der Waals surface area contributed by atoms with Crippen LogP contribution in [0.1, 0.15) is 28.8 Å². The third-order valence-electron chi connectivity index (χ3n) is 3.94. The van der Waals surface area contributed by atoms with Gasteiger partial charge in [-0.2, -0.15) is 0 Å². The van der Waals surface area contributed by atoms with Crippen LogP contribution in [0.4, 0.5) is 0 Å². The number of piperidine rings is 1. The van der Waals surface area contributed by atoms with Crippen LogP contribution in [0.2, 0.25) is 0 Å². The Morgan fingerprint density at radius 2 is 2.21 bits per heavy atom. The van der Waals surface area contributed by atoms with Crippen molar-refractivity contribution in [3.05, 3.63) is 29.3 Å². The van der Waals surface area contributed by atoms with Crippen molar-refractivity contribution in [1.29, 1.82) is 0 Å². The van der Waals surface area contributed by atoms with Crippen LogP contribution in [-0.4, -0.2) is 54.0 Å². The molecule has 1 atom stereocenters. The highest BCUT2D eigenvalue weighted by Gasteiger charge is 2.26. The van der Waals surface area contributed by atoms with Gasteiger partial charge in [-0.15, -0.1) is 0 Å². The molecular formula is C15H22N2O2. The SMILES string of the molecule is Cc1cccc(C(=O)N(C)C2CCCN(C)C2)c1O. The topological polar surface area (TPSA) is 43.8 Å². The number of para-hydroxylation sites is 1. The summed E-state index contributed by atoms with van der Waals surface area (Å²) in [4.78, 5) is 16.5. The Kier molecular flexibility index (Phi) is 4.10. The third-order valence-corrected chi connectivity index (χ3v) is 3.94. The molecule has 0 aliphatic carbocycles. The van der Waals surface area contributed by atoms with E-state index in [-0.39, 0.29) is 17.7 Å². The summed E-state index contributed by atoms with van der Waals surface area (Å²) in [5.74, 6) is 0.00464. The summed E-state index contributed by atoms with van der Waals surface area (Å²) in [5.41, 5.74) is 1.13. The zero-order chi connectivity index (χ0) is 14.0. The zero-order valence-corrected chi connectivity index (χ0v) is 11.9. The minimum Gasteiger partial charge on any atom is -0.507 e. The smallest absolute Gasteiger partial charge is 0.257 e. The molecule has 104 valence electrons. The van der Waals surface area contributed by atoms with Gasteiger partial charge in [0.1, 0.15) is 5.75 Å². The number of hydrogen-bond acceptors (Lipinski definition) is 3. The lowest BCUT2D eigenvalue weighted by atomic mass is 10.0. The Labute approximate surface area is 114 Å². The molecule has 0 saturated carbocycles. The van der Waals surface area contributed by atoms with Crippen molar-refractivity contribution in [1.82, 2.24) is 9.80 Å². The number of hydrogen-bond donors (Lipinski definition) is 1. The van der Waals surface area contributed by atoms with Gasteiger partial charge in [0.05, 0.1) is 5.56 Å². The molecule has 1 fully saturated rings. The van der Waals surface area contributed by atoms with Crippen molar-refractivity contribution in [3.8, 4) is 5.75 Å². The molecule has 0 spiro atoms. The van der Waals surface area contributed by atoms with E-state index in [1.54, 1.807) is 24.0 Å². The minimum absolute atomic E-state index is 0.0958. The average Bonchev–Trinajstić information content (AvgIpc) is 2.40. The van der Waals surface area contributed by atoms with Gasteiger partial charge < -0.3 is 14.9 Å². The number of benzene rings is 1. The first-order valence-corrected chi connectivity index (χ1v) is 6.75. The van der Waals surface area contributed by atoms with Gasteiger partial charge in [0.25, 0.3) is 5.91 Å². The van der Waals surface area contributed by atoms with Gasteiger partial charge in [-0.25, -0.2) is 0 Å². The zero-order valence-electron chi connectivity index (χ0n) is 11.9. The first kappa shape index (κ1) is 13.9. The van der Waals surface area contributed by atoms with Gasteiger partial charge >= 0.3 is 0 Å². The lowest BCUT2D eigenvalue weighted by molar-refractivity contribution is 0.0641. The number of amides is 1. The Hall–Kier alpha value is -1.55. The van der Waals surface area contributed by atoms with Crippen molar-refractivity contribution < 1.29 is 9.90 Å². The fourth-order valence-corrected chi connectivity index (χ4v) is 2.64. The fourth-order valence-electron chi connectivity index (χ4n) is 2.64. The van der Waals surface area contributed by atoms with Crippen LogP contribution in [0.15, 0.2) is 18.2 Å². The fraction of sp³-hybridized carbons (Fsp3) is 0.533. The Bertz CT molecular complexity index is 473. The number of nitrogens with zero attached hydrogens (tertiary/aromatic N) is 2. The summed E-state index contributed by atoms with van der Waals surface area (Å²) in [6, 6.07) is 5.53. The molecule has 1 saturated heterocycles. The molecule has 0 aromatic heterocycles. The van der Waals surface area contributed by atoms with Gasteiger partial charge in [-0.05, 0) is 45.0 Å². The number of carbonyl (C=O) groups is 1. The lowest BCUT2D eigenvalue weighted by Crippen LogP contribution is -2.47. The second-order valence-electron chi connectivity index (χ2n) is 5.45. The van der Waals surface area contributed by atoms with Gasteiger partial charge in [-0.1, -0.05) is 12.1 Å². The van der Waals surface area contributed by atoms with Crippen LogP contribution in [0.25, 0.3) is 0 Å². The summed E-state index contributed by atoms with van der Waals surface area (Å²) >= 11 is 0. The van der Waals surface area contributed by atoms with Gasteiger partial charge in [0.15, 0.2) is 0 Å². The number of aryl methyl sites for hydroxylation is 1. The number of phenols is 1. The van der Waals surface area contributed by atoms with E-state index < -0.39 is 0 Å². The molecule has 2 rings (SSSR count). The maximum atomic E-state index is 12.5. The van der Waals surface area contributed by atoms with E-state index in [4.69, 9.17) is 0 Å². The molecule has 4 nitrogen and oxygen atoms in total. The molecule has 0 radical (unpaired) electrons. The monoisotopic (exact) mass is 262 g/mol. The normalized spacial score (nSPS) is 20.3. The molecule has 1 aromatic rings.